The molecule has 156 valence electrons. The van der Waals surface area contributed by atoms with Gasteiger partial charge in [-0.3, -0.25) is 4.79 Å². The van der Waals surface area contributed by atoms with Crippen LogP contribution in [0.25, 0.3) is 11.1 Å². The van der Waals surface area contributed by atoms with E-state index in [0.29, 0.717) is 5.56 Å². The smallest absolute Gasteiger partial charge is 0.255 e. The van der Waals surface area contributed by atoms with Crippen LogP contribution in [0.2, 0.25) is 0 Å². The number of anilines is 2. The summed E-state index contributed by atoms with van der Waals surface area (Å²) in [6, 6.07) is 23.6. The molecule has 0 unspecified atom stereocenters. The molecule has 30 heavy (non-hydrogen) atoms. The first kappa shape index (κ1) is 21.6. The highest BCUT2D eigenvalue weighted by atomic mass is 16.1. The van der Waals surface area contributed by atoms with Crippen LogP contribution in [-0.2, 0) is 6.42 Å². The van der Waals surface area contributed by atoms with Crippen molar-refractivity contribution >= 4 is 17.3 Å². The summed E-state index contributed by atoms with van der Waals surface area (Å²) in [4.78, 5) is 12.6. The number of carbonyl (C=O) groups is 1. The molecule has 0 bridgehead atoms. The maximum absolute atomic E-state index is 12.6. The summed E-state index contributed by atoms with van der Waals surface area (Å²) >= 11 is 0. The summed E-state index contributed by atoms with van der Waals surface area (Å²) < 4.78 is 0. The Morgan fingerprint density at radius 3 is 1.93 bits per heavy atom. The van der Waals surface area contributed by atoms with E-state index in [-0.39, 0.29) is 5.91 Å². The molecule has 0 aliphatic carbocycles. The Kier molecular flexibility index (Phi) is 8.08. The fourth-order valence-corrected chi connectivity index (χ4v) is 3.56. The zero-order valence-electron chi connectivity index (χ0n) is 17.9. The highest BCUT2D eigenvalue weighted by Crippen LogP contribution is 2.21. The van der Waals surface area contributed by atoms with Crippen molar-refractivity contribution in [1.82, 2.24) is 0 Å². The molecule has 0 fully saturated rings. The van der Waals surface area contributed by atoms with Gasteiger partial charge in [0, 0.05) is 16.9 Å². The van der Waals surface area contributed by atoms with Crippen LogP contribution in [0.15, 0.2) is 72.8 Å². The minimum Gasteiger partial charge on any atom is -0.399 e. The molecular weight excluding hydrogens is 368 g/mol. The van der Waals surface area contributed by atoms with E-state index in [1.165, 1.54) is 44.1 Å². The van der Waals surface area contributed by atoms with Gasteiger partial charge < -0.3 is 11.1 Å². The maximum Gasteiger partial charge on any atom is 0.255 e. The van der Waals surface area contributed by atoms with Crippen LogP contribution in [0.5, 0.6) is 0 Å². The van der Waals surface area contributed by atoms with Crippen molar-refractivity contribution in [2.24, 2.45) is 0 Å². The third-order valence-electron chi connectivity index (χ3n) is 5.42. The van der Waals surface area contributed by atoms with Gasteiger partial charge in [-0.25, -0.2) is 0 Å². The number of hydrogen-bond donors (Lipinski definition) is 2. The molecule has 0 radical (unpaired) electrons. The lowest BCUT2D eigenvalue weighted by atomic mass is 10.0. The van der Waals surface area contributed by atoms with E-state index in [4.69, 9.17) is 5.73 Å². The van der Waals surface area contributed by atoms with Gasteiger partial charge in [-0.2, -0.15) is 0 Å². The molecule has 3 nitrogen and oxygen atoms in total. The zero-order chi connectivity index (χ0) is 21.2. The molecule has 3 rings (SSSR count). The van der Waals surface area contributed by atoms with E-state index in [2.05, 4.69) is 24.4 Å². The summed E-state index contributed by atoms with van der Waals surface area (Å²) in [5.41, 5.74) is 11.4. The van der Waals surface area contributed by atoms with Crippen molar-refractivity contribution in [3.8, 4) is 11.1 Å². The number of unbranched alkanes of at least 4 members (excludes halogenated alkanes) is 5. The molecule has 0 saturated carbocycles. The highest BCUT2D eigenvalue weighted by molar-refractivity contribution is 6.04. The van der Waals surface area contributed by atoms with Crippen molar-refractivity contribution in [1.29, 1.82) is 0 Å². The topological polar surface area (TPSA) is 55.1 Å². The van der Waals surface area contributed by atoms with Crippen LogP contribution in [0.3, 0.4) is 0 Å². The minimum absolute atomic E-state index is 0.0949. The van der Waals surface area contributed by atoms with Gasteiger partial charge in [0.15, 0.2) is 0 Å². The number of amides is 1. The lowest BCUT2D eigenvalue weighted by Gasteiger charge is -2.08. The summed E-state index contributed by atoms with van der Waals surface area (Å²) in [5.74, 6) is -0.0949. The summed E-state index contributed by atoms with van der Waals surface area (Å²) in [5, 5.41) is 2.99. The Bertz CT molecular complexity index is 913. The molecule has 3 heteroatoms. The second kappa shape index (κ2) is 11.2. The Hall–Kier alpha value is -3.07. The van der Waals surface area contributed by atoms with E-state index in [9.17, 15) is 4.79 Å². The number of carbonyl (C=O) groups excluding carboxylic acids is 1. The van der Waals surface area contributed by atoms with E-state index in [1.54, 1.807) is 0 Å². The van der Waals surface area contributed by atoms with Gasteiger partial charge in [0.2, 0.25) is 0 Å². The number of hydrogen-bond acceptors (Lipinski definition) is 2. The number of nitrogens with two attached hydrogens (primary N) is 1. The van der Waals surface area contributed by atoms with Crippen LogP contribution in [0.4, 0.5) is 11.4 Å². The number of aryl methyl sites for hydroxylation is 1. The highest BCUT2D eigenvalue weighted by Gasteiger charge is 2.07. The first-order valence-electron chi connectivity index (χ1n) is 11.0. The first-order valence-corrected chi connectivity index (χ1v) is 11.0. The SMILES string of the molecule is CCCCCCCCc1ccc(NC(=O)c2ccc(-c3ccc(N)cc3)cc2)cc1. The van der Waals surface area contributed by atoms with Crippen molar-refractivity contribution in [3.63, 3.8) is 0 Å². The quantitative estimate of drug-likeness (QED) is 0.282. The second-order valence-corrected chi connectivity index (χ2v) is 7.87. The van der Waals surface area contributed by atoms with Gasteiger partial charge in [-0.1, -0.05) is 75.4 Å². The molecule has 3 aromatic rings. The molecule has 0 aliphatic heterocycles. The molecule has 0 aromatic heterocycles. The van der Waals surface area contributed by atoms with Crippen LogP contribution in [0.1, 0.15) is 61.4 Å². The maximum atomic E-state index is 12.6. The number of rotatable bonds is 10. The van der Waals surface area contributed by atoms with Crippen molar-refractivity contribution in [3.05, 3.63) is 83.9 Å². The standard InChI is InChI=1S/C27H32N2O/c1-2-3-4-5-6-7-8-21-9-19-26(20-10-21)29-27(30)24-13-11-22(12-14-24)23-15-17-25(28)18-16-23/h9-20H,2-8,28H2,1H3,(H,29,30). The van der Waals surface area contributed by atoms with Crippen molar-refractivity contribution in [2.75, 3.05) is 11.1 Å². The van der Waals surface area contributed by atoms with Crippen molar-refractivity contribution in [2.45, 2.75) is 51.9 Å². The van der Waals surface area contributed by atoms with Gasteiger partial charge in [0.25, 0.3) is 5.91 Å². The predicted octanol–water partition coefficient (Wildman–Crippen LogP) is 7.09. The lowest BCUT2D eigenvalue weighted by molar-refractivity contribution is 0.102. The first-order chi connectivity index (χ1) is 14.7. The molecule has 0 atom stereocenters. The third-order valence-corrected chi connectivity index (χ3v) is 5.42. The molecule has 1 amide bonds. The molecular formula is C27H32N2O. The van der Waals surface area contributed by atoms with Gasteiger partial charge in [0.1, 0.15) is 0 Å². The van der Waals surface area contributed by atoms with Crippen LogP contribution < -0.4 is 11.1 Å². The largest absolute Gasteiger partial charge is 0.399 e. The van der Waals surface area contributed by atoms with Gasteiger partial charge >= 0.3 is 0 Å². The number of nitrogens with one attached hydrogen (secondary N) is 1. The number of benzene rings is 3. The minimum atomic E-state index is -0.0949. The van der Waals surface area contributed by atoms with E-state index in [0.717, 1.165) is 28.9 Å². The number of nitrogen functional groups attached to an aromatic ring is 1. The molecule has 0 spiro atoms. The Balaban J connectivity index is 1.50. The monoisotopic (exact) mass is 400 g/mol. The molecule has 3 aromatic carbocycles. The van der Waals surface area contributed by atoms with Crippen LogP contribution in [-0.4, -0.2) is 5.91 Å². The van der Waals surface area contributed by atoms with Gasteiger partial charge in [0.05, 0.1) is 0 Å². The normalized spacial score (nSPS) is 10.7. The van der Waals surface area contributed by atoms with E-state index < -0.39 is 0 Å². The van der Waals surface area contributed by atoms with E-state index >= 15 is 0 Å². The average Bonchev–Trinajstić information content (AvgIpc) is 2.78. The Morgan fingerprint density at radius 1 is 0.733 bits per heavy atom. The van der Waals surface area contributed by atoms with Crippen LogP contribution >= 0.6 is 0 Å². The molecule has 3 N–H and O–H groups in total. The average molecular weight is 401 g/mol. The van der Waals surface area contributed by atoms with Crippen molar-refractivity contribution < 1.29 is 4.79 Å². The molecule has 0 heterocycles. The lowest BCUT2D eigenvalue weighted by Crippen LogP contribution is -2.11. The third kappa shape index (κ3) is 6.48. The predicted molar refractivity (Wildman–Crippen MR) is 128 cm³/mol. The molecule has 0 aliphatic rings. The van der Waals surface area contributed by atoms with Crippen LogP contribution in [0, 0.1) is 0 Å². The Labute approximate surface area is 180 Å². The fourth-order valence-electron chi connectivity index (χ4n) is 3.56. The second-order valence-electron chi connectivity index (χ2n) is 7.87. The zero-order valence-corrected chi connectivity index (χ0v) is 17.9. The Morgan fingerprint density at radius 2 is 1.30 bits per heavy atom. The summed E-state index contributed by atoms with van der Waals surface area (Å²) in [7, 11) is 0. The van der Waals surface area contributed by atoms with E-state index in [1.807, 2.05) is 60.7 Å². The van der Waals surface area contributed by atoms with Gasteiger partial charge in [-0.15, -0.1) is 0 Å². The van der Waals surface area contributed by atoms with Gasteiger partial charge in [-0.05, 0) is 65.9 Å². The summed E-state index contributed by atoms with van der Waals surface area (Å²) in [6.07, 6.45) is 8.95. The summed E-state index contributed by atoms with van der Waals surface area (Å²) in [6.45, 7) is 2.25. The molecule has 0 saturated heterocycles. The fraction of sp³-hybridized carbons (Fsp3) is 0.296.